The summed E-state index contributed by atoms with van der Waals surface area (Å²) >= 11 is 0. The Morgan fingerprint density at radius 1 is 1.67 bits per heavy atom. The molecule has 0 aromatic carbocycles. The summed E-state index contributed by atoms with van der Waals surface area (Å²) in [5.74, 6) is 0.227. The molecule has 0 fully saturated rings. The molecule has 0 saturated heterocycles. The van der Waals surface area contributed by atoms with Crippen LogP contribution in [0.15, 0.2) is 12.7 Å². The summed E-state index contributed by atoms with van der Waals surface area (Å²) in [4.78, 5) is 11.1. The Bertz CT molecular complexity index is 143. The third-order valence-electron chi connectivity index (χ3n) is 1.85. The molecule has 12 heavy (non-hydrogen) atoms. The Balaban J connectivity index is 3.69. The van der Waals surface area contributed by atoms with Gasteiger partial charge in [0.1, 0.15) is 5.78 Å². The molecule has 2 heteroatoms. The quantitative estimate of drug-likeness (QED) is 0.590. The second-order valence-electron chi connectivity index (χ2n) is 3.00. The van der Waals surface area contributed by atoms with E-state index in [0.717, 1.165) is 19.3 Å². The molecule has 1 atom stereocenters. The van der Waals surface area contributed by atoms with Gasteiger partial charge in [-0.3, -0.25) is 4.79 Å². The third-order valence-corrected chi connectivity index (χ3v) is 1.85. The second kappa shape index (κ2) is 7.04. The number of carbonyl (C=O) groups excluding carboxylic acids is 1. The summed E-state index contributed by atoms with van der Waals surface area (Å²) in [6.07, 6.45) is 4.97. The van der Waals surface area contributed by atoms with Crippen LogP contribution in [-0.4, -0.2) is 18.4 Å². The molecule has 0 bridgehead atoms. The van der Waals surface area contributed by atoms with Crippen LogP contribution in [0.2, 0.25) is 0 Å². The van der Waals surface area contributed by atoms with Gasteiger partial charge >= 0.3 is 0 Å². The molecule has 0 heterocycles. The topological polar surface area (TPSA) is 29.1 Å². The molecular formula is C10H19NO. The van der Waals surface area contributed by atoms with Crippen molar-refractivity contribution >= 4 is 5.78 Å². The predicted molar refractivity (Wildman–Crippen MR) is 52.2 cm³/mol. The van der Waals surface area contributed by atoms with Gasteiger partial charge in [0.25, 0.3) is 0 Å². The molecule has 0 saturated carbocycles. The number of carbonyl (C=O) groups is 1. The van der Waals surface area contributed by atoms with Crippen molar-refractivity contribution in [2.24, 2.45) is 0 Å². The average molecular weight is 169 g/mol. The van der Waals surface area contributed by atoms with Gasteiger partial charge in [-0.05, 0) is 13.3 Å². The largest absolute Gasteiger partial charge is 0.304 e. The van der Waals surface area contributed by atoms with Crippen molar-refractivity contribution in [1.82, 2.24) is 5.32 Å². The van der Waals surface area contributed by atoms with E-state index >= 15 is 0 Å². The highest BCUT2D eigenvalue weighted by Crippen LogP contribution is 2.01. The summed E-state index contributed by atoms with van der Waals surface area (Å²) in [5.41, 5.74) is 0. The highest BCUT2D eigenvalue weighted by Gasteiger charge is 2.10. The van der Waals surface area contributed by atoms with Crippen molar-refractivity contribution in [2.45, 2.75) is 39.2 Å². The first-order valence-corrected chi connectivity index (χ1v) is 4.57. The van der Waals surface area contributed by atoms with Crippen molar-refractivity contribution in [2.75, 3.05) is 6.54 Å². The maximum Gasteiger partial charge on any atom is 0.146 e. The fourth-order valence-electron chi connectivity index (χ4n) is 1.08. The summed E-state index contributed by atoms with van der Waals surface area (Å²) < 4.78 is 0. The lowest BCUT2D eigenvalue weighted by Gasteiger charge is -2.13. The number of rotatable bonds is 7. The van der Waals surface area contributed by atoms with Gasteiger partial charge in [0.05, 0.1) is 6.04 Å². The lowest BCUT2D eigenvalue weighted by Crippen LogP contribution is -2.35. The van der Waals surface area contributed by atoms with Gasteiger partial charge in [0, 0.05) is 6.54 Å². The Hall–Kier alpha value is -0.630. The van der Waals surface area contributed by atoms with Crippen LogP contribution >= 0.6 is 0 Å². The SMILES string of the molecule is C=CCNC(CCCC)C(C)=O. The van der Waals surface area contributed by atoms with E-state index in [1.165, 1.54) is 0 Å². The van der Waals surface area contributed by atoms with Gasteiger partial charge in [-0.1, -0.05) is 25.8 Å². The van der Waals surface area contributed by atoms with Crippen LogP contribution in [0, 0.1) is 0 Å². The van der Waals surface area contributed by atoms with Crippen LogP contribution in [0.5, 0.6) is 0 Å². The molecule has 0 aromatic heterocycles. The Morgan fingerprint density at radius 3 is 2.75 bits per heavy atom. The van der Waals surface area contributed by atoms with E-state index in [4.69, 9.17) is 0 Å². The van der Waals surface area contributed by atoms with E-state index in [0.29, 0.717) is 6.54 Å². The minimum absolute atomic E-state index is 0.0305. The first-order chi connectivity index (χ1) is 5.72. The minimum Gasteiger partial charge on any atom is -0.304 e. The van der Waals surface area contributed by atoms with Crippen LogP contribution in [0.25, 0.3) is 0 Å². The van der Waals surface area contributed by atoms with E-state index in [9.17, 15) is 4.79 Å². The molecular weight excluding hydrogens is 150 g/mol. The lowest BCUT2D eigenvalue weighted by atomic mass is 10.1. The molecule has 0 aliphatic rings. The number of unbranched alkanes of at least 4 members (excludes halogenated alkanes) is 1. The number of hydrogen-bond donors (Lipinski definition) is 1. The third kappa shape index (κ3) is 5.08. The van der Waals surface area contributed by atoms with Gasteiger partial charge in [0.2, 0.25) is 0 Å². The van der Waals surface area contributed by atoms with Crippen LogP contribution in [0.3, 0.4) is 0 Å². The summed E-state index contributed by atoms with van der Waals surface area (Å²) in [6.45, 7) is 8.08. The normalized spacial score (nSPS) is 12.5. The highest BCUT2D eigenvalue weighted by atomic mass is 16.1. The van der Waals surface area contributed by atoms with Crippen molar-refractivity contribution in [3.8, 4) is 0 Å². The first-order valence-electron chi connectivity index (χ1n) is 4.57. The van der Waals surface area contributed by atoms with E-state index in [1.54, 1.807) is 13.0 Å². The van der Waals surface area contributed by atoms with E-state index < -0.39 is 0 Å². The number of Topliss-reactive ketones (excluding diaryl/α,β-unsaturated/α-hetero) is 1. The number of hydrogen-bond acceptors (Lipinski definition) is 2. The fourth-order valence-corrected chi connectivity index (χ4v) is 1.08. The second-order valence-corrected chi connectivity index (χ2v) is 3.00. The van der Waals surface area contributed by atoms with Crippen molar-refractivity contribution in [3.05, 3.63) is 12.7 Å². The zero-order chi connectivity index (χ0) is 9.40. The number of nitrogens with one attached hydrogen (secondary N) is 1. The van der Waals surface area contributed by atoms with Gasteiger partial charge < -0.3 is 5.32 Å². The molecule has 0 spiro atoms. The van der Waals surface area contributed by atoms with Crippen LogP contribution in [0.1, 0.15) is 33.1 Å². The predicted octanol–water partition coefficient (Wildman–Crippen LogP) is 1.91. The van der Waals surface area contributed by atoms with E-state index in [-0.39, 0.29) is 11.8 Å². The zero-order valence-corrected chi connectivity index (χ0v) is 8.10. The van der Waals surface area contributed by atoms with Crippen molar-refractivity contribution < 1.29 is 4.79 Å². The van der Waals surface area contributed by atoms with Crippen LogP contribution in [0.4, 0.5) is 0 Å². The Labute approximate surface area is 75.0 Å². The molecule has 1 unspecified atom stereocenters. The standard InChI is InChI=1S/C10H19NO/c1-4-6-7-10(9(3)12)11-8-5-2/h5,10-11H,2,4,6-8H2,1,3H3. The van der Waals surface area contributed by atoms with Gasteiger partial charge in [-0.15, -0.1) is 6.58 Å². The molecule has 2 nitrogen and oxygen atoms in total. The summed E-state index contributed by atoms with van der Waals surface area (Å²) in [7, 11) is 0. The molecule has 0 aromatic rings. The minimum atomic E-state index is 0.0305. The maximum atomic E-state index is 11.1. The Morgan fingerprint density at radius 2 is 2.33 bits per heavy atom. The van der Waals surface area contributed by atoms with Crippen molar-refractivity contribution in [3.63, 3.8) is 0 Å². The monoisotopic (exact) mass is 169 g/mol. The highest BCUT2D eigenvalue weighted by molar-refractivity contribution is 5.81. The molecule has 1 N–H and O–H groups in total. The number of ketones is 1. The molecule has 0 aliphatic carbocycles. The molecule has 0 rings (SSSR count). The fraction of sp³-hybridized carbons (Fsp3) is 0.700. The molecule has 0 amide bonds. The van der Waals surface area contributed by atoms with Crippen molar-refractivity contribution in [1.29, 1.82) is 0 Å². The van der Waals surface area contributed by atoms with Crippen LogP contribution in [-0.2, 0) is 4.79 Å². The van der Waals surface area contributed by atoms with E-state index in [1.807, 2.05) is 0 Å². The molecule has 70 valence electrons. The molecule has 0 aliphatic heterocycles. The molecule has 0 radical (unpaired) electrons. The van der Waals surface area contributed by atoms with Crippen LogP contribution < -0.4 is 5.32 Å². The first kappa shape index (κ1) is 11.4. The lowest BCUT2D eigenvalue weighted by molar-refractivity contribution is -0.119. The Kier molecular flexibility index (Phi) is 6.67. The summed E-state index contributed by atoms with van der Waals surface area (Å²) in [5, 5.41) is 3.14. The zero-order valence-electron chi connectivity index (χ0n) is 8.10. The van der Waals surface area contributed by atoms with Gasteiger partial charge in [-0.2, -0.15) is 0 Å². The smallest absolute Gasteiger partial charge is 0.146 e. The van der Waals surface area contributed by atoms with Gasteiger partial charge in [-0.25, -0.2) is 0 Å². The van der Waals surface area contributed by atoms with E-state index in [2.05, 4.69) is 18.8 Å². The average Bonchev–Trinajstić information content (AvgIpc) is 2.04. The van der Waals surface area contributed by atoms with Gasteiger partial charge in [0.15, 0.2) is 0 Å². The summed E-state index contributed by atoms with van der Waals surface area (Å²) in [6, 6.07) is 0.0305. The maximum absolute atomic E-state index is 11.1.